The molecule has 2 aromatic carbocycles. The number of rotatable bonds is 4. The highest BCUT2D eigenvalue weighted by Crippen LogP contribution is 2.61. The number of aromatic nitrogens is 4. The van der Waals surface area contributed by atoms with Gasteiger partial charge < -0.3 is 0 Å². The Balaban J connectivity index is 1.37. The summed E-state index contributed by atoms with van der Waals surface area (Å²) >= 11 is 0. The third-order valence-corrected chi connectivity index (χ3v) is 10.5. The SMILES string of the molecule is CC1(C)c2ccc(-c3ccc(-c4nc(-c5ccccc5)nc(C5CCCCC5)n4)cn3)cc2C(C)(C)C1(C)C. The van der Waals surface area contributed by atoms with E-state index in [4.69, 9.17) is 19.9 Å². The van der Waals surface area contributed by atoms with Crippen LogP contribution in [-0.2, 0) is 10.8 Å². The van der Waals surface area contributed by atoms with Crippen molar-refractivity contribution in [3.8, 4) is 34.0 Å². The van der Waals surface area contributed by atoms with Gasteiger partial charge in [0, 0.05) is 28.8 Å². The summed E-state index contributed by atoms with van der Waals surface area (Å²) < 4.78 is 0. The molecule has 0 unspecified atom stereocenters. The van der Waals surface area contributed by atoms with E-state index in [2.05, 4.69) is 84.0 Å². The smallest absolute Gasteiger partial charge is 0.165 e. The molecule has 0 amide bonds. The average molecular weight is 517 g/mol. The van der Waals surface area contributed by atoms with Gasteiger partial charge in [0.2, 0.25) is 0 Å². The van der Waals surface area contributed by atoms with Crippen LogP contribution in [0.2, 0.25) is 0 Å². The van der Waals surface area contributed by atoms with Crippen LogP contribution in [0.15, 0.2) is 66.9 Å². The van der Waals surface area contributed by atoms with Crippen molar-refractivity contribution >= 4 is 0 Å². The Bertz CT molecular complexity index is 1490. The summed E-state index contributed by atoms with van der Waals surface area (Å²) in [5.41, 5.74) is 7.28. The molecule has 2 aliphatic rings. The Hall–Kier alpha value is -3.40. The molecule has 4 aromatic rings. The molecule has 0 atom stereocenters. The quantitative estimate of drug-likeness (QED) is 0.272. The molecule has 4 nitrogen and oxygen atoms in total. The van der Waals surface area contributed by atoms with Gasteiger partial charge in [-0.25, -0.2) is 15.0 Å². The fraction of sp³-hybridized carbons (Fsp3) is 0.429. The minimum Gasteiger partial charge on any atom is -0.255 e. The molecule has 39 heavy (non-hydrogen) atoms. The topological polar surface area (TPSA) is 51.6 Å². The highest BCUT2D eigenvalue weighted by atomic mass is 15.0. The van der Waals surface area contributed by atoms with Gasteiger partial charge in [-0.05, 0) is 58.4 Å². The molecular weight excluding hydrogens is 476 g/mol. The van der Waals surface area contributed by atoms with Crippen molar-refractivity contribution < 1.29 is 0 Å². The minimum absolute atomic E-state index is 0.0655. The average Bonchev–Trinajstić information content (AvgIpc) is 3.07. The molecule has 2 aliphatic carbocycles. The molecule has 0 bridgehead atoms. The van der Waals surface area contributed by atoms with Gasteiger partial charge in [0.15, 0.2) is 11.6 Å². The number of pyridine rings is 1. The molecule has 6 rings (SSSR count). The first-order valence-electron chi connectivity index (χ1n) is 14.5. The fourth-order valence-electron chi connectivity index (χ4n) is 6.70. The molecule has 1 saturated carbocycles. The maximum atomic E-state index is 4.99. The minimum atomic E-state index is 0.0655. The van der Waals surface area contributed by atoms with Crippen LogP contribution in [0.4, 0.5) is 0 Å². The van der Waals surface area contributed by atoms with Gasteiger partial charge in [-0.1, -0.05) is 103 Å². The van der Waals surface area contributed by atoms with Crippen molar-refractivity contribution in [2.45, 2.75) is 90.4 Å². The van der Waals surface area contributed by atoms with Crippen LogP contribution < -0.4 is 0 Å². The van der Waals surface area contributed by atoms with Crippen molar-refractivity contribution in [1.29, 1.82) is 0 Å². The van der Waals surface area contributed by atoms with Gasteiger partial charge in [-0.15, -0.1) is 0 Å². The van der Waals surface area contributed by atoms with E-state index in [1.54, 1.807) is 0 Å². The van der Waals surface area contributed by atoms with E-state index >= 15 is 0 Å². The molecule has 200 valence electrons. The zero-order chi connectivity index (χ0) is 27.4. The lowest BCUT2D eigenvalue weighted by atomic mass is 9.59. The van der Waals surface area contributed by atoms with Gasteiger partial charge in [0.1, 0.15) is 5.82 Å². The third-order valence-electron chi connectivity index (χ3n) is 10.5. The highest BCUT2D eigenvalue weighted by molar-refractivity contribution is 5.67. The molecule has 0 spiro atoms. The predicted molar refractivity (Wildman–Crippen MR) is 160 cm³/mol. The molecule has 2 heterocycles. The summed E-state index contributed by atoms with van der Waals surface area (Å²) in [5.74, 6) is 2.78. The Labute approximate surface area is 233 Å². The van der Waals surface area contributed by atoms with Crippen LogP contribution in [0.25, 0.3) is 34.0 Å². The normalized spacial score (nSPS) is 19.5. The molecule has 0 radical (unpaired) electrons. The van der Waals surface area contributed by atoms with Crippen LogP contribution in [0.1, 0.15) is 96.5 Å². The van der Waals surface area contributed by atoms with Crippen LogP contribution >= 0.6 is 0 Å². The maximum Gasteiger partial charge on any atom is 0.165 e. The summed E-state index contributed by atoms with van der Waals surface area (Å²) in [6.45, 7) is 14.3. The number of hydrogen-bond acceptors (Lipinski definition) is 4. The lowest BCUT2D eigenvalue weighted by Gasteiger charge is -2.44. The summed E-state index contributed by atoms with van der Waals surface area (Å²) in [4.78, 5) is 19.8. The maximum absolute atomic E-state index is 4.99. The second kappa shape index (κ2) is 9.36. The van der Waals surface area contributed by atoms with Gasteiger partial charge >= 0.3 is 0 Å². The number of nitrogens with zero attached hydrogens (tertiary/aromatic N) is 4. The zero-order valence-corrected chi connectivity index (χ0v) is 24.3. The van der Waals surface area contributed by atoms with E-state index in [1.165, 1.54) is 30.4 Å². The van der Waals surface area contributed by atoms with Gasteiger partial charge in [-0.3, -0.25) is 4.98 Å². The van der Waals surface area contributed by atoms with E-state index in [0.717, 1.165) is 46.9 Å². The second-order valence-corrected chi connectivity index (χ2v) is 13.1. The highest BCUT2D eigenvalue weighted by Gasteiger charge is 2.56. The Morgan fingerprint density at radius 2 is 1.26 bits per heavy atom. The molecular formula is C35H40N4. The van der Waals surface area contributed by atoms with Crippen molar-refractivity contribution in [2.24, 2.45) is 5.41 Å². The van der Waals surface area contributed by atoms with Gasteiger partial charge in [0.25, 0.3) is 0 Å². The number of hydrogen-bond donors (Lipinski definition) is 0. The largest absolute Gasteiger partial charge is 0.255 e. The monoisotopic (exact) mass is 516 g/mol. The lowest BCUT2D eigenvalue weighted by molar-refractivity contribution is 0.125. The molecule has 1 fully saturated rings. The van der Waals surface area contributed by atoms with E-state index in [-0.39, 0.29) is 16.2 Å². The Morgan fingerprint density at radius 1 is 0.615 bits per heavy atom. The van der Waals surface area contributed by atoms with E-state index in [1.807, 2.05) is 24.4 Å². The summed E-state index contributed by atoms with van der Waals surface area (Å²) in [6, 6.07) is 21.4. The van der Waals surface area contributed by atoms with Crippen molar-refractivity contribution in [3.63, 3.8) is 0 Å². The fourth-order valence-corrected chi connectivity index (χ4v) is 6.70. The lowest BCUT2D eigenvalue weighted by Crippen LogP contribution is -2.42. The summed E-state index contributed by atoms with van der Waals surface area (Å²) in [6.07, 6.45) is 8.02. The third kappa shape index (κ3) is 4.20. The zero-order valence-electron chi connectivity index (χ0n) is 24.3. The van der Waals surface area contributed by atoms with Crippen LogP contribution in [-0.4, -0.2) is 19.9 Å². The van der Waals surface area contributed by atoms with E-state index in [9.17, 15) is 0 Å². The van der Waals surface area contributed by atoms with Crippen molar-refractivity contribution in [1.82, 2.24) is 19.9 Å². The molecule has 0 aliphatic heterocycles. The Kier molecular flexibility index (Phi) is 6.21. The van der Waals surface area contributed by atoms with Gasteiger partial charge in [-0.2, -0.15) is 0 Å². The first-order valence-corrected chi connectivity index (χ1v) is 14.5. The number of benzene rings is 2. The van der Waals surface area contributed by atoms with Crippen molar-refractivity contribution in [3.05, 3.63) is 83.8 Å². The van der Waals surface area contributed by atoms with Crippen LogP contribution in [0, 0.1) is 5.41 Å². The first-order chi connectivity index (χ1) is 18.6. The molecule has 4 heteroatoms. The van der Waals surface area contributed by atoms with Crippen molar-refractivity contribution in [2.75, 3.05) is 0 Å². The predicted octanol–water partition coefficient (Wildman–Crippen LogP) is 8.91. The molecule has 2 aromatic heterocycles. The van der Waals surface area contributed by atoms with E-state index < -0.39 is 0 Å². The summed E-state index contributed by atoms with van der Waals surface area (Å²) in [7, 11) is 0. The molecule has 0 saturated heterocycles. The van der Waals surface area contributed by atoms with Crippen LogP contribution in [0.3, 0.4) is 0 Å². The van der Waals surface area contributed by atoms with Gasteiger partial charge in [0.05, 0.1) is 5.69 Å². The van der Waals surface area contributed by atoms with Crippen LogP contribution in [0.5, 0.6) is 0 Å². The Morgan fingerprint density at radius 3 is 1.92 bits per heavy atom. The molecule has 0 N–H and O–H groups in total. The van der Waals surface area contributed by atoms with E-state index in [0.29, 0.717) is 11.7 Å². The summed E-state index contributed by atoms with van der Waals surface area (Å²) in [5, 5.41) is 0. The first kappa shape index (κ1) is 25.9. The second-order valence-electron chi connectivity index (χ2n) is 13.1. The standard InChI is InChI=1S/C35H40N4/c1-33(2)27-19-17-25(21-28(27)34(3,4)35(33,5)6)29-20-18-26(22-36-29)32-38-30(23-13-9-7-10-14-23)37-31(39-32)24-15-11-8-12-16-24/h7,9-10,13-14,17-22,24H,8,11-12,15-16H2,1-6H3. The number of fused-ring (bicyclic) bond motifs is 1.